The minimum atomic E-state index is -1.05. The summed E-state index contributed by atoms with van der Waals surface area (Å²) < 4.78 is 29.4. The highest BCUT2D eigenvalue weighted by Gasteiger charge is 2.71. The van der Waals surface area contributed by atoms with Gasteiger partial charge in [0.05, 0.1) is 17.3 Å². The predicted octanol–water partition coefficient (Wildman–Crippen LogP) is 3.76. The average molecular weight is 481 g/mol. The summed E-state index contributed by atoms with van der Waals surface area (Å²) in [5.41, 5.74) is 6.93. The number of pyridine rings is 1. The monoisotopic (exact) mass is 480 g/mol. The van der Waals surface area contributed by atoms with Crippen LogP contribution in [-0.4, -0.2) is 49.8 Å². The Balaban J connectivity index is 1.53. The minimum absolute atomic E-state index is 0.0699. The fourth-order valence-corrected chi connectivity index (χ4v) is 6.17. The molecule has 1 saturated carbocycles. The molecule has 0 bridgehead atoms. The van der Waals surface area contributed by atoms with Crippen molar-refractivity contribution in [2.75, 3.05) is 14.1 Å². The molecule has 3 aromatic rings. The maximum absolute atomic E-state index is 15.1. The van der Waals surface area contributed by atoms with Crippen molar-refractivity contribution in [2.24, 2.45) is 16.6 Å². The number of benzene rings is 1. The molecule has 0 spiro atoms. The summed E-state index contributed by atoms with van der Waals surface area (Å²) in [4.78, 5) is 31.4. The molecule has 0 radical (unpaired) electrons. The summed E-state index contributed by atoms with van der Waals surface area (Å²) in [6.45, 7) is 1.78. The summed E-state index contributed by atoms with van der Waals surface area (Å²) in [6, 6.07) is 5.84. The van der Waals surface area contributed by atoms with Gasteiger partial charge in [0, 0.05) is 38.0 Å². The summed E-state index contributed by atoms with van der Waals surface area (Å²) in [7, 11) is 3.38. The van der Waals surface area contributed by atoms with Gasteiger partial charge in [-0.25, -0.2) is 8.78 Å². The van der Waals surface area contributed by atoms with Crippen LogP contribution in [0.1, 0.15) is 30.2 Å². The maximum Gasteiger partial charge on any atom is 0.239 e. The fraction of sp³-hybridized carbons (Fsp3) is 0.292. The number of carbonyl (C=O) groups is 1. The molecule has 174 valence electrons. The molecule has 2 aliphatic rings. The van der Waals surface area contributed by atoms with Crippen molar-refractivity contribution in [3.8, 4) is 0 Å². The molecule has 0 saturated heterocycles. The highest BCUT2D eigenvalue weighted by molar-refractivity contribution is 8.15. The molecule has 1 aromatic carbocycles. The third-order valence-electron chi connectivity index (χ3n) is 6.42. The quantitative estimate of drug-likeness (QED) is 0.611. The molecular weight excluding hydrogens is 458 g/mol. The minimum Gasteiger partial charge on any atom is -0.378 e. The van der Waals surface area contributed by atoms with Crippen molar-refractivity contribution in [3.05, 3.63) is 65.5 Å². The van der Waals surface area contributed by atoms with Gasteiger partial charge < -0.3 is 10.6 Å². The first-order chi connectivity index (χ1) is 16.1. The lowest BCUT2D eigenvalue weighted by Crippen LogP contribution is -2.43. The molecule has 7 nitrogen and oxygen atoms in total. The molecule has 10 heteroatoms. The van der Waals surface area contributed by atoms with E-state index in [1.165, 1.54) is 59.5 Å². The fourth-order valence-electron chi connectivity index (χ4n) is 4.67. The van der Waals surface area contributed by atoms with Crippen molar-refractivity contribution in [3.63, 3.8) is 0 Å². The smallest absolute Gasteiger partial charge is 0.239 e. The number of aliphatic imine (C=N–C) groups is 1. The average Bonchev–Trinajstić information content (AvgIpc) is 3.55. The Kier molecular flexibility index (Phi) is 5.16. The molecule has 1 aliphatic heterocycles. The number of hydrogen-bond acceptors (Lipinski definition) is 7. The van der Waals surface area contributed by atoms with Gasteiger partial charge in [-0.2, -0.15) is 0 Å². The Labute approximate surface area is 199 Å². The second-order valence-corrected chi connectivity index (χ2v) is 10.2. The zero-order valence-corrected chi connectivity index (χ0v) is 19.6. The molecule has 2 aromatic heterocycles. The molecule has 2 N–H and O–H groups in total. The Morgan fingerprint density at radius 2 is 1.94 bits per heavy atom. The molecule has 0 unspecified atom stereocenters. The number of amides is 1. The second-order valence-electron chi connectivity index (χ2n) is 8.89. The van der Waals surface area contributed by atoms with E-state index in [2.05, 4.69) is 19.9 Å². The number of nitrogens with zero attached hydrogens (tertiary/aromatic N) is 5. The van der Waals surface area contributed by atoms with Gasteiger partial charge in [0.1, 0.15) is 27.6 Å². The van der Waals surface area contributed by atoms with Gasteiger partial charge in [0.15, 0.2) is 5.17 Å². The highest BCUT2D eigenvalue weighted by Crippen LogP contribution is 2.66. The summed E-state index contributed by atoms with van der Waals surface area (Å²) >= 11 is 1.24. The van der Waals surface area contributed by atoms with E-state index in [0.29, 0.717) is 23.0 Å². The van der Waals surface area contributed by atoms with Crippen LogP contribution in [0, 0.1) is 11.7 Å². The van der Waals surface area contributed by atoms with Crippen LogP contribution in [0.2, 0.25) is 0 Å². The van der Waals surface area contributed by atoms with Gasteiger partial charge in [0.25, 0.3) is 0 Å². The molecule has 5 rings (SSSR count). The number of carbonyl (C=O) groups excluding carboxylic acids is 1. The standard InChI is InChI=1S/C24H22F2N6OS/c1-23(20-11-24(20,21(33)32(2)3)34-22(27)31-23)14-8-13(4-5-15(14)25)9-16(26)17-10-18-19(12-30-17)29-7-6-28-18/h4-10,12,20H,11H2,1-3H3,(H2,27,31)/b16-9-/t20-,23+,24-/m0/s1. The normalized spacial score (nSPS) is 26.1. The van der Waals surface area contributed by atoms with E-state index in [4.69, 9.17) is 5.73 Å². The van der Waals surface area contributed by atoms with E-state index in [-0.39, 0.29) is 28.3 Å². The van der Waals surface area contributed by atoms with Crippen LogP contribution < -0.4 is 5.73 Å². The van der Waals surface area contributed by atoms with Gasteiger partial charge in [-0.3, -0.25) is 24.7 Å². The lowest BCUT2D eigenvalue weighted by molar-refractivity contribution is -0.129. The largest absolute Gasteiger partial charge is 0.378 e. The van der Waals surface area contributed by atoms with Gasteiger partial charge in [-0.15, -0.1) is 0 Å². The lowest BCUT2D eigenvalue weighted by atomic mass is 9.84. The SMILES string of the molecule is CN(C)C(=O)[C@]12C[C@H]1[C@@](C)(c1cc(/C=C(\F)c3cc4nccnc4cn3)ccc1F)N=C(N)S2. The van der Waals surface area contributed by atoms with E-state index in [9.17, 15) is 4.79 Å². The Morgan fingerprint density at radius 3 is 2.68 bits per heavy atom. The van der Waals surface area contributed by atoms with Crippen LogP contribution in [0.15, 0.2) is 47.8 Å². The number of aromatic nitrogens is 3. The predicted molar refractivity (Wildman–Crippen MR) is 129 cm³/mol. The first-order valence-corrected chi connectivity index (χ1v) is 11.5. The number of nitrogens with two attached hydrogens (primary N) is 1. The molecule has 3 atom stereocenters. The molecule has 1 fully saturated rings. The molecular formula is C24H22F2N6OS. The lowest BCUT2D eigenvalue weighted by Gasteiger charge is -2.34. The van der Waals surface area contributed by atoms with Crippen LogP contribution in [-0.2, 0) is 10.3 Å². The topological polar surface area (TPSA) is 97.4 Å². The Bertz CT molecular complexity index is 1390. The van der Waals surface area contributed by atoms with Gasteiger partial charge >= 0.3 is 0 Å². The summed E-state index contributed by atoms with van der Waals surface area (Å²) in [6.07, 6.45) is 6.33. The van der Waals surface area contributed by atoms with Gasteiger partial charge in [-0.1, -0.05) is 17.8 Å². The van der Waals surface area contributed by atoms with Crippen LogP contribution in [0.5, 0.6) is 0 Å². The van der Waals surface area contributed by atoms with Crippen molar-refractivity contribution in [2.45, 2.75) is 23.6 Å². The third kappa shape index (κ3) is 3.53. The summed E-state index contributed by atoms with van der Waals surface area (Å²) in [5, 5.41) is 0.236. The first-order valence-electron chi connectivity index (χ1n) is 10.6. The maximum atomic E-state index is 15.1. The van der Waals surface area contributed by atoms with E-state index in [0.717, 1.165) is 0 Å². The number of thioether (sulfide) groups is 1. The number of fused-ring (bicyclic) bond motifs is 2. The van der Waals surface area contributed by atoms with Crippen molar-refractivity contribution >= 4 is 45.8 Å². The molecule has 1 amide bonds. The summed E-state index contributed by atoms with van der Waals surface area (Å²) in [5.74, 6) is -1.38. The highest BCUT2D eigenvalue weighted by atomic mass is 32.2. The zero-order valence-electron chi connectivity index (χ0n) is 18.8. The number of halogens is 2. The van der Waals surface area contributed by atoms with Crippen molar-refractivity contribution in [1.29, 1.82) is 0 Å². The van der Waals surface area contributed by atoms with Gasteiger partial charge in [-0.05, 0) is 43.2 Å². The third-order valence-corrected chi connectivity index (χ3v) is 7.71. The molecule has 34 heavy (non-hydrogen) atoms. The number of amidine groups is 1. The van der Waals surface area contributed by atoms with Gasteiger partial charge in [0.2, 0.25) is 5.91 Å². The zero-order chi connectivity index (χ0) is 24.3. The number of hydrogen-bond donors (Lipinski definition) is 1. The van der Waals surface area contributed by atoms with Crippen LogP contribution in [0.4, 0.5) is 8.78 Å². The molecule has 3 heterocycles. The van der Waals surface area contributed by atoms with E-state index >= 15 is 8.78 Å². The second kappa shape index (κ2) is 7.83. The Morgan fingerprint density at radius 1 is 1.21 bits per heavy atom. The van der Waals surface area contributed by atoms with Crippen LogP contribution in [0.3, 0.4) is 0 Å². The number of rotatable bonds is 4. The Hall–Kier alpha value is -3.40. The van der Waals surface area contributed by atoms with E-state index in [1.807, 2.05) is 0 Å². The van der Waals surface area contributed by atoms with Crippen LogP contribution >= 0.6 is 11.8 Å². The van der Waals surface area contributed by atoms with E-state index < -0.39 is 21.9 Å². The van der Waals surface area contributed by atoms with Crippen molar-refractivity contribution < 1.29 is 13.6 Å². The van der Waals surface area contributed by atoms with Crippen molar-refractivity contribution in [1.82, 2.24) is 19.9 Å². The first kappa shape index (κ1) is 22.4. The van der Waals surface area contributed by atoms with Crippen LogP contribution in [0.25, 0.3) is 22.9 Å². The molecule has 1 aliphatic carbocycles. The van der Waals surface area contributed by atoms with E-state index in [1.54, 1.807) is 27.1 Å².